The third kappa shape index (κ3) is 5.83. The van der Waals surface area contributed by atoms with Crippen LogP contribution in [-0.2, 0) is 14.8 Å². The molecule has 0 aliphatic rings. The van der Waals surface area contributed by atoms with Crippen LogP contribution in [0, 0.1) is 0 Å². The first-order chi connectivity index (χ1) is 13.7. The number of rotatable bonds is 8. The SMILES string of the molecule is COc1ccc(OC)c(S(=O)(=O)N(C)CC(=O)NN=Cc2ccc(Cl)c(Cl)c2)c1. The van der Waals surface area contributed by atoms with Crippen molar-refractivity contribution in [3.63, 3.8) is 0 Å². The van der Waals surface area contributed by atoms with Gasteiger partial charge in [0.05, 0.1) is 37.0 Å². The Kier molecular flexibility index (Phi) is 7.86. The predicted octanol–water partition coefficient (Wildman–Crippen LogP) is 2.78. The van der Waals surface area contributed by atoms with E-state index >= 15 is 0 Å². The van der Waals surface area contributed by atoms with Crippen LogP contribution in [0.5, 0.6) is 11.5 Å². The first-order valence-corrected chi connectivity index (χ1v) is 10.3. The van der Waals surface area contributed by atoms with E-state index in [0.29, 0.717) is 21.4 Å². The first-order valence-electron chi connectivity index (χ1n) is 8.14. The average Bonchev–Trinajstić information content (AvgIpc) is 2.70. The Bertz CT molecular complexity index is 1030. The number of ether oxygens (including phenoxy) is 2. The van der Waals surface area contributed by atoms with Crippen molar-refractivity contribution in [2.75, 3.05) is 27.8 Å². The van der Waals surface area contributed by atoms with E-state index in [1.165, 1.54) is 39.6 Å². The van der Waals surface area contributed by atoms with Gasteiger partial charge in [0.25, 0.3) is 5.91 Å². The van der Waals surface area contributed by atoms with Crippen LogP contribution >= 0.6 is 23.2 Å². The van der Waals surface area contributed by atoms with Crippen molar-refractivity contribution in [1.29, 1.82) is 0 Å². The molecule has 0 aliphatic carbocycles. The van der Waals surface area contributed by atoms with E-state index in [0.717, 1.165) is 4.31 Å². The van der Waals surface area contributed by atoms with Crippen LogP contribution in [0.15, 0.2) is 46.4 Å². The average molecular weight is 460 g/mol. The lowest BCUT2D eigenvalue weighted by Gasteiger charge is -2.18. The summed E-state index contributed by atoms with van der Waals surface area (Å²) < 4.78 is 36.7. The number of methoxy groups -OCH3 is 2. The molecule has 0 spiro atoms. The fraction of sp³-hybridized carbons (Fsp3) is 0.222. The van der Waals surface area contributed by atoms with Crippen molar-refractivity contribution in [2.45, 2.75) is 4.90 Å². The molecule has 0 aliphatic heterocycles. The Balaban J connectivity index is 2.08. The largest absolute Gasteiger partial charge is 0.497 e. The lowest BCUT2D eigenvalue weighted by atomic mass is 10.2. The number of sulfonamides is 1. The third-order valence-corrected chi connectivity index (χ3v) is 6.34. The van der Waals surface area contributed by atoms with Crippen LogP contribution in [0.4, 0.5) is 0 Å². The molecule has 1 N–H and O–H groups in total. The maximum absolute atomic E-state index is 12.8. The summed E-state index contributed by atoms with van der Waals surface area (Å²) in [5.41, 5.74) is 2.88. The molecule has 0 heterocycles. The van der Waals surface area contributed by atoms with Gasteiger partial charge < -0.3 is 9.47 Å². The number of hydrogen-bond acceptors (Lipinski definition) is 6. The highest BCUT2D eigenvalue weighted by atomic mass is 35.5. The molecule has 0 bridgehead atoms. The Morgan fingerprint density at radius 1 is 1.14 bits per heavy atom. The number of likely N-dealkylation sites (N-methyl/N-ethyl adjacent to an activating group) is 1. The second kappa shape index (κ2) is 9.93. The van der Waals surface area contributed by atoms with Crippen molar-refractivity contribution in [1.82, 2.24) is 9.73 Å². The topological polar surface area (TPSA) is 97.3 Å². The number of hydrazone groups is 1. The highest BCUT2D eigenvalue weighted by Crippen LogP contribution is 2.30. The van der Waals surface area contributed by atoms with Crippen molar-refractivity contribution >= 4 is 45.3 Å². The Labute approximate surface area is 179 Å². The predicted molar refractivity (Wildman–Crippen MR) is 112 cm³/mol. The minimum atomic E-state index is -4.01. The first kappa shape index (κ1) is 23.0. The summed E-state index contributed by atoms with van der Waals surface area (Å²) in [5, 5.41) is 4.53. The molecule has 2 rings (SSSR count). The van der Waals surface area contributed by atoms with Gasteiger partial charge in [0.2, 0.25) is 10.0 Å². The molecule has 0 saturated carbocycles. The number of amides is 1. The number of halogens is 2. The molecular weight excluding hydrogens is 441 g/mol. The number of carbonyl (C=O) groups excluding carboxylic acids is 1. The maximum Gasteiger partial charge on any atom is 0.255 e. The molecule has 0 atom stereocenters. The molecule has 1 amide bonds. The van der Waals surface area contributed by atoms with Gasteiger partial charge in [0.1, 0.15) is 16.4 Å². The minimum absolute atomic E-state index is 0.117. The van der Waals surface area contributed by atoms with Crippen molar-refractivity contribution < 1.29 is 22.7 Å². The molecular formula is C18H19Cl2N3O5S. The monoisotopic (exact) mass is 459 g/mol. The molecule has 0 fully saturated rings. The lowest BCUT2D eigenvalue weighted by Crippen LogP contribution is -2.36. The second-order valence-electron chi connectivity index (χ2n) is 5.74. The third-order valence-electron chi connectivity index (χ3n) is 3.77. The molecule has 8 nitrogen and oxygen atoms in total. The maximum atomic E-state index is 12.8. The van der Waals surface area contributed by atoms with E-state index in [4.69, 9.17) is 32.7 Å². The zero-order valence-electron chi connectivity index (χ0n) is 15.8. The highest BCUT2D eigenvalue weighted by molar-refractivity contribution is 7.89. The number of benzene rings is 2. The number of nitrogens with one attached hydrogen (secondary N) is 1. The molecule has 29 heavy (non-hydrogen) atoms. The van der Waals surface area contributed by atoms with Gasteiger partial charge in [0, 0.05) is 13.1 Å². The van der Waals surface area contributed by atoms with Gasteiger partial charge in [-0.1, -0.05) is 29.3 Å². The van der Waals surface area contributed by atoms with Crippen molar-refractivity contribution in [3.8, 4) is 11.5 Å². The summed E-state index contributed by atoms with van der Waals surface area (Å²) in [4.78, 5) is 12.0. The number of hydrogen-bond donors (Lipinski definition) is 1. The normalized spacial score (nSPS) is 11.7. The van der Waals surface area contributed by atoms with Crippen LogP contribution in [-0.4, -0.2) is 52.7 Å². The van der Waals surface area contributed by atoms with Gasteiger partial charge in [-0.15, -0.1) is 0 Å². The summed E-state index contributed by atoms with van der Waals surface area (Å²) in [7, 11) is 0.0312. The van der Waals surface area contributed by atoms with Gasteiger partial charge in [-0.25, -0.2) is 13.8 Å². The molecule has 0 unspecified atom stereocenters. The minimum Gasteiger partial charge on any atom is -0.497 e. The van der Waals surface area contributed by atoms with Gasteiger partial charge in [0.15, 0.2) is 0 Å². The van der Waals surface area contributed by atoms with Gasteiger partial charge >= 0.3 is 0 Å². The summed E-state index contributed by atoms with van der Waals surface area (Å²) in [5.74, 6) is -0.154. The molecule has 11 heteroatoms. The zero-order valence-corrected chi connectivity index (χ0v) is 18.2. The summed E-state index contributed by atoms with van der Waals surface area (Å²) in [6.45, 7) is -0.457. The van der Waals surface area contributed by atoms with E-state index < -0.39 is 22.5 Å². The van der Waals surface area contributed by atoms with Gasteiger partial charge in [-0.05, 0) is 29.8 Å². The standard InChI is InChI=1S/C18H19Cl2N3O5S/c1-23(29(25,26)17-9-13(27-2)5-7-16(17)28-3)11-18(24)22-21-10-12-4-6-14(19)15(20)8-12/h4-10H,11H2,1-3H3,(H,22,24). The quantitative estimate of drug-likeness (QED) is 0.483. The van der Waals surface area contributed by atoms with E-state index in [2.05, 4.69) is 10.5 Å². The van der Waals surface area contributed by atoms with Crippen LogP contribution in [0.25, 0.3) is 0 Å². The van der Waals surface area contributed by atoms with Gasteiger partial charge in [-0.2, -0.15) is 9.41 Å². The molecule has 156 valence electrons. The number of carbonyl (C=O) groups is 1. The Morgan fingerprint density at radius 3 is 2.48 bits per heavy atom. The Morgan fingerprint density at radius 2 is 1.86 bits per heavy atom. The summed E-state index contributed by atoms with van der Waals surface area (Å²) >= 11 is 11.7. The summed E-state index contributed by atoms with van der Waals surface area (Å²) in [6.07, 6.45) is 1.36. The van der Waals surface area contributed by atoms with Crippen LogP contribution in [0.3, 0.4) is 0 Å². The fourth-order valence-corrected chi connectivity index (χ4v) is 3.85. The fourth-order valence-electron chi connectivity index (χ4n) is 2.25. The smallest absolute Gasteiger partial charge is 0.255 e. The van der Waals surface area contributed by atoms with Crippen molar-refractivity contribution in [3.05, 3.63) is 52.0 Å². The molecule has 0 aromatic heterocycles. The van der Waals surface area contributed by atoms with E-state index in [1.54, 1.807) is 24.3 Å². The molecule has 0 saturated heterocycles. The lowest BCUT2D eigenvalue weighted by molar-refractivity contribution is -0.121. The zero-order chi connectivity index (χ0) is 21.6. The van der Waals surface area contributed by atoms with Crippen LogP contribution in [0.1, 0.15) is 5.56 Å². The summed E-state index contributed by atoms with van der Waals surface area (Å²) in [6, 6.07) is 9.20. The van der Waals surface area contributed by atoms with Crippen LogP contribution < -0.4 is 14.9 Å². The van der Waals surface area contributed by atoms with Crippen molar-refractivity contribution in [2.24, 2.45) is 5.10 Å². The highest BCUT2D eigenvalue weighted by Gasteiger charge is 2.27. The Hall–Kier alpha value is -2.33. The van der Waals surface area contributed by atoms with E-state index in [-0.39, 0.29) is 10.6 Å². The van der Waals surface area contributed by atoms with Gasteiger partial charge in [-0.3, -0.25) is 4.79 Å². The number of nitrogens with zero attached hydrogens (tertiary/aromatic N) is 2. The molecule has 2 aromatic rings. The van der Waals surface area contributed by atoms with Crippen LogP contribution in [0.2, 0.25) is 10.0 Å². The van der Waals surface area contributed by atoms with E-state index in [1.807, 2.05) is 0 Å². The second-order valence-corrected chi connectivity index (χ2v) is 8.57. The van der Waals surface area contributed by atoms with E-state index in [9.17, 15) is 13.2 Å². The molecule has 0 radical (unpaired) electrons. The molecule has 2 aromatic carbocycles.